The van der Waals surface area contributed by atoms with Gasteiger partial charge in [-0.15, -0.1) is 0 Å². The molecule has 0 saturated heterocycles. The SMILES string of the molecule is O=C(COc1ccc(Cl)c(F)c1)NC12CCC(NC(=O)c3ccccc3F)(CC1)[C@@H](O)C2. The first-order chi connectivity index (χ1) is 15.2. The second-order valence-corrected chi connectivity index (χ2v) is 8.91. The van der Waals surface area contributed by atoms with Crippen LogP contribution in [0.25, 0.3) is 0 Å². The summed E-state index contributed by atoms with van der Waals surface area (Å²) >= 11 is 5.63. The van der Waals surface area contributed by atoms with E-state index in [2.05, 4.69) is 10.6 Å². The molecule has 3 fully saturated rings. The Morgan fingerprint density at radius 2 is 1.78 bits per heavy atom. The van der Waals surface area contributed by atoms with E-state index in [1.54, 1.807) is 6.07 Å². The number of nitrogens with one attached hydrogen (secondary N) is 2. The standard InChI is InChI=1S/C23H23ClF2N2O4/c24-16-6-5-14(11-18(16)26)32-13-20(30)27-22-7-9-23(10-8-22,19(29)12-22)28-21(31)15-3-1-2-4-17(15)25/h1-6,11,19,29H,7-10,12-13H2,(H,27,30)(H,28,31)/t19-,22?,23?/m0/s1. The molecular weight excluding hydrogens is 442 g/mol. The lowest BCUT2D eigenvalue weighted by molar-refractivity contribution is -0.129. The lowest BCUT2D eigenvalue weighted by Gasteiger charge is -2.56. The number of ether oxygens (including phenoxy) is 1. The summed E-state index contributed by atoms with van der Waals surface area (Å²) in [6.07, 6.45) is 1.33. The molecule has 2 aromatic carbocycles. The Morgan fingerprint density at radius 1 is 1.06 bits per heavy atom. The van der Waals surface area contributed by atoms with E-state index in [0.29, 0.717) is 25.7 Å². The minimum Gasteiger partial charge on any atom is -0.484 e. The number of aliphatic hydroxyl groups excluding tert-OH is 1. The van der Waals surface area contributed by atoms with Crippen molar-refractivity contribution in [2.24, 2.45) is 0 Å². The number of benzene rings is 2. The largest absolute Gasteiger partial charge is 0.484 e. The summed E-state index contributed by atoms with van der Waals surface area (Å²) < 4.78 is 32.8. The molecule has 2 bridgehead atoms. The van der Waals surface area contributed by atoms with E-state index in [0.717, 1.165) is 6.07 Å². The molecule has 1 atom stereocenters. The Hall–Kier alpha value is -2.71. The summed E-state index contributed by atoms with van der Waals surface area (Å²) in [7, 11) is 0. The lowest BCUT2D eigenvalue weighted by atomic mass is 9.60. The third kappa shape index (κ3) is 4.42. The van der Waals surface area contributed by atoms with Crippen LogP contribution in [0.15, 0.2) is 42.5 Å². The maximum atomic E-state index is 14.0. The predicted molar refractivity (Wildman–Crippen MR) is 113 cm³/mol. The van der Waals surface area contributed by atoms with Crippen molar-refractivity contribution in [2.45, 2.75) is 49.3 Å². The fourth-order valence-corrected chi connectivity index (χ4v) is 4.77. The fourth-order valence-electron chi connectivity index (χ4n) is 4.65. The van der Waals surface area contributed by atoms with E-state index in [4.69, 9.17) is 16.3 Å². The number of aliphatic hydroxyl groups is 1. The molecule has 0 heterocycles. The average molecular weight is 465 g/mol. The number of carbonyl (C=O) groups excluding carboxylic acids is 2. The molecule has 0 aliphatic heterocycles. The molecule has 9 heteroatoms. The van der Waals surface area contributed by atoms with Crippen molar-refractivity contribution in [3.8, 4) is 5.75 Å². The molecule has 0 unspecified atom stereocenters. The van der Waals surface area contributed by atoms with Crippen LogP contribution in [0.2, 0.25) is 5.02 Å². The number of hydrogen-bond donors (Lipinski definition) is 3. The van der Waals surface area contributed by atoms with Gasteiger partial charge in [-0.2, -0.15) is 0 Å². The molecule has 3 N–H and O–H groups in total. The van der Waals surface area contributed by atoms with Crippen molar-refractivity contribution in [3.63, 3.8) is 0 Å². The minimum absolute atomic E-state index is 0.0373. The molecule has 5 rings (SSSR count). The summed E-state index contributed by atoms with van der Waals surface area (Å²) in [5.41, 5.74) is -1.54. The number of fused-ring (bicyclic) bond motifs is 3. The molecule has 170 valence electrons. The number of carbonyl (C=O) groups is 2. The number of rotatable bonds is 6. The molecule has 3 saturated carbocycles. The van der Waals surface area contributed by atoms with Gasteiger partial charge in [-0.3, -0.25) is 9.59 Å². The topological polar surface area (TPSA) is 87.7 Å². The summed E-state index contributed by atoms with van der Waals surface area (Å²) in [6.45, 7) is -0.311. The summed E-state index contributed by atoms with van der Waals surface area (Å²) in [4.78, 5) is 25.1. The number of hydrogen-bond acceptors (Lipinski definition) is 4. The van der Waals surface area contributed by atoms with Crippen LogP contribution < -0.4 is 15.4 Å². The van der Waals surface area contributed by atoms with Crippen LogP contribution in [-0.2, 0) is 4.79 Å². The minimum atomic E-state index is -0.896. The van der Waals surface area contributed by atoms with E-state index >= 15 is 0 Å². The Bertz CT molecular complexity index is 1040. The molecule has 6 nitrogen and oxygen atoms in total. The maximum Gasteiger partial charge on any atom is 0.258 e. The first kappa shape index (κ1) is 22.5. The third-order valence-electron chi connectivity index (χ3n) is 6.47. The Morgan fingerprint density at radius 3 is 2.44 bits per heavy atom. The smallest absolute Gasteiger partial charge is 0.258 e. The predicted octanol–water partition coefficient (Wildman–Crippen LogP) is 3.36. The number of halogens is 3. The van der Waals surface area contributed by atoms with Gasteiger partial charge in [0.1, 0.15) is 17.4 Å². The molecule has 0 spiro atoms. The molecule has 3 aliphatic carbocycles. The van der Waals surface area contributed by atoms with Crippen LogP contribution >= 0.6 is 11.6 Å². The quantitative estimate of drug-likeness (QED) is 0.611. The van der Waals surface area contributed by atoms with E-state index in [9.17, 15) is 23.5 Å². The highest BCUT2D eigenvalue weighted by Gasteiger charge is 2.55. The summed E-state index contributed by atoms with van der Waals surface area (Å²) in [5, 5.41) is 16.6. The highest BCUT2D eigenvalue weighted by atomic mass is 35.5. The van der Waals surface area contributed by atoms with E-state index < -0.39 is 40.6 Å². The van der Waals surface area contributed by atoms with Crippen LogP contribution in [0.5, 0.6) is 5.75 Å². The van der Waals surface area contributed by atoms with Gasteiger partial charge in [0.15, 0.2) is 6.61 Å². The molecular formula is C23H23ClF2N2O4. The van der Waals surface area contributed by atoms with Crippen LogP contribution in [0.1, 0.15) is 42.5 Å². The highest BCUT2D eigenvalue weighted by molar-refractivity contribution is 6.30. The van der Waals surface area contributed by atoms with Crippen LogP contribution in [0.4, 0.5) is 8.78 Å². The van der Waals surface area contributed by atoms with Crippen LogP contribution in [0, 0.1) is 11.6 Å². The molecule has 2 aromatic rings. The van der Waals surface area contributed by atoms with Crippen LogP contribution in [0.3, 0.4) is 0 Å². The van der Waals surface area contributed by atoms with Crippen molar-refractivity contribution in [3.05, 3.63) is 64.7 Å². The van der Waals surface area contributed by atoms with E-state index in [1.165, 1.54) is 30.3 Å². The first-order valence-electron chi connectivity index (χ1n) is 10.4. The van der Waals surface area contributed by atoms with Crippen molar-refractivity contribution in [1.82, 2.24) is 10.6 Å². The monoisotopic (exact) mass is 464 g/mol. The second kappa shape index (κ2) is 8.67. The average Bonchev–Trinajstić information content (AvgIpc) is 2.76. The van der Waals surface area contributed by atoms with Crippen LogP contribution in [-0.4, -0.2) is 40.7 Å². The fraction of sp³-hybridized carbons (Fsp3) is 0.391. The van der Waals surface area contributed by atoms with E-state index in [-0.39, 0.29) is 29.4 Å². The Kier molecular flexibility index (Phi) is 6.09. The Balaban J connectivity index is 1.35. The molecule has 2 amide bonds. The van der Waals surface area contributed by atoms with Crippen molar-refractivity contribution in [2.75, 3.05) is 6.61 Å². The highest BCUT2D eigenvalue weighted by Crippen LogP contribution is 2.47. The van der Waals surface area contributed by atoms with Crippen molar-refractivity contribution in [1.29, 1.82) is 0 Å². The number of amides is 2. The zero-order chi connectivity index (χ0) is 22.9. The molecule has 32 heavy (non-hydrogen) atoms. The van der Waals surface area contributed by atoms with Gasteiger partial charge in [-0.05, 0) is 56.4 Å². The summed E-state index contributed by atoms with van der Waals surface area (Å²) in [5.74, 6) is -2.03. The maximum absolute atomic E-state index is 14.0. The first-order valence-corrected chi connectivity index (χ1v) is 10.7. The molecule has 0 aromatic heterocycles. The van der Waals surface area contributed by atoms with Gasteiger partial charge < -0.3 is 20.5 Å². The van der Waals surface area contributed by atoms with Gasteiger partial charge in [0.05, 0.1) is 22.2 Å². The van der Waals surface area contributed by atoms with Gasteiger partial charge in [-0.25, -0.2) is 8.78 Å². The van der Waals surface area contributed by atoms with Gasteiger partial charge in [-0.1, -0.05) is 23.7 Å². The second-order valence-electron chi connectivity index (χ2n) is 8.50. The van der Waals surface area contributed by atoms with Gasteiger partial charge in [0.25, 0.3) is 11.8 Å². The Labute approximate surface area is 188 Å². The lowest BCUT2D eigenvalue weighted by Crippen LogP contribution is -2.70. The van der Waals surface area contributed by atoms with Crippen molar-refractivity contribution < 1.29 is 28.2 Å². The molecule has 0 radical (unpaired) electrons. The van der Waals surface area contributed by atoms with Gasteiger partial charge >= 0.3 is 0 Å². The zero-order valence-electron chi connectivity index (χ0n) is 17.2. The van der Waals surface area contributed by atoms with E-state index in [1.807, 2.05) is 0 Å². The normalized spacial score (nSPS) is 26.4. The zero-order valence-corrected chi connectivity index (χ0v) is 17.9. The third-order valence-corrected chi connectivity index (χ3v) is 6.77. The molecule has 3 aliphatic rings. The van der Waals surface area contributed by atoms with Crippen molar-refractivity contribution >= 4 is 23.4 Å². The van der Waals surface area contributed by atoms with Gasteiger partial charge in [0, 0.05) is 11.6 Å². The summed E-state index contributed by atoms with van der Waals surface area (Å²) in [6, 6.07) is 9.61. The van der Waals surface area contributed by atoms with Gasteiger partial charge in [0.2, 0.25) is 0 Å².